The third-order valence-corrected chi connectivity index (χ3v) is 16.9. The van der Waals surface area contributed by atoms with Gasteiger partial charge in [-0.25, -0.2) is 19.2 Å². The van der Waals surface area contributed by atoms with Crippen molar-refractivity contribution in [2.24, 2.45) is 0 Å². The number of nitrogens with one attached hydrogen (secondary N) is 2. The molecule has 4 heterocycles. The van der Waals surface area contributed by atoms with Crippen molar-refractivity contribution in [3.05, 3.63) is 123 Å². The standard InChI is InChI=1S/C47H46N2O8S6/c1-9-54-40(50)34-35(41(51)55-10-2)61-44(60-34)32-27-20-18-26(23-30(27)49-47(7,8)38(32)58)31(24-16-14-13-15-17-24)25-19-21-29-28(22-25)33(39(59)46(5,6)48-29)45-62-36(42(52)56-11-3)37(63-45)43(53)57-12-4/h13-23,31,48-49H,9-12H2,1-8H3/t31-/m0/s1. The van der Waals surface area contributed by atoms with E-state index in [9.17, 15) is 19.2 Å². The zero-order chi connectivity index (χ0) is 45.4. The molecule has 0 bridgehead atoms. The zero-order valence-corrected chi connectivity index (χ0v) is 40.9. The van der Waals surface area contributed by atoms with Crippen molar-refractivity contribution in [1.29, 1.82) is 0 Å². The second-order valence-electron chi connectivity index (χ2n) is 15.5. The molecule has 328 valence electrons. The second kappa shape index (κ2) is 19.0. The van der Waals surface area contributed by atoms with Gasteiger partial charge in [0.25, 0.3) is 0 Å². The Morgan fingerprint density at radius 3 is 1.37 bits per heavy atom. The Balaban J connectivity index is 1.36. The molecule has 1 atom stereocenters. The van der Waals surface area contributed by atoms with E-state index in [1.807, 2.05) is 52.0 Å². The lowest BCUT2D eigenvalue weighted by Crippen LogP contribution is -2.43. The first-order valence-electron chi connectivity index (χ1n) is 20.4. The fourth-order valence-electron chi connectivity index (χ4n) is 7.53. The van der Waals surface area contributed by atoms with Gasteiger partial charge in [0.1, 0.15) is 19.6 Å². The van der Waals surface area contributed by atoms with E-state index in [-0.39, 0.29) is 52.0 Å². The van der Waals surface area contributed by atoms with Crippen molar-refractivity contribution in [1.82, 2.24) is 0 Å². The Morgan fingerprint density at radius 1 is 0.524 bits per heavy atom. The number of anilines is 2. The van der Waals surface area contributed by atoms with Gasteiger partial charge in [0.05, 0.1) is 46.0 Å². The van der Waals surface area contributed by atoms with E-state index in [2.05, 4.69) is 53.1 Å². The molecular weight excluding hydrogens is 913 g/mol. The first-order chi connectivity index (χ1) is 30.0. The minimum absolute atomic E-state index is 0.154. The molecule has 10 nitrogen and oxygen atoms in total. The summed E-state index contributed by atoms with van der Waals surface area (Å²) in [6.07, 6.45) is 0. The molecule has 7 rings (SSSR count). The van der Waals surface area contributed by atoms with Gasteiger partial charge in [-0.1, -0.05) is 120 Å². The van der Waals surface area contributed by atoms with Crippen LogP contribution in [-0.4, -0.2) is 71.1 Å². The fraction of sp³-hybridized carbons (Fsp3) is 0.319. The summed E-state index contributed by atoms with van der Waals surface area (Å²) < 4.78 is 22.9. The predicted molar refractivity (Wildman–Crippen MR) is 266 cm³/mol. The highest BCUT2D eigenvalue weighted by Gasteiger charge is 2.43. The van der Waals surface area contributed by atoms with Crippen LogP contribution in [0.15, 0.2) is 94.8 Å². The lowest BCUT2D eigenvalue weighted by Gasteiger charge is -2.38. The van der Waals surface area contributed by atoms with E-state index in [0.717, 1.165) is 50.3 Å². The summed E-state index contributed by atoms with van der Waals surface area (Å²) in [6.45, 7) is 15.6. The number of fused-ring (bicyclic) bond motifs is 2. The quantitative estimate of drug-likeness (QED) is 0.0621. The molecular formula is C47H46N2O8S6. The van der Waals surface area contributed by atoms with Crippen LogP contribution in [0.3, 0.4) is 0 Å². The van der Waals surface area contributed by atoms with E-state index in [1.54, 1.807) is 27.7 Å². The molecule has 0 amide bonds. The van der Waals surface area contributed by atoms with Crippen LogP contribution in [-0.2, 0) is 38.1 Å². The molecule has 0 saturated heterocycles. The van der Waals surface area contributed by atoms with E-state index < -0.39 is 35.0 Å². The van der Waals surface area contributed by atoms with Crippen LogP contribution in [0, 0.1) is 0 Å². The van der Waals surface area contributed by atoms with Crippen LogP contribution in [0.4, 0.5) is 11.4 Å². The summed E-state index contributed by atoms with van der Waals surface area (Å²) in [7, 11) is 0. The van der Waals surface area contributed by atoms with Gasteiger partial charge in [-0.05, 0) is 90.3 Å². The minimum atomic E-state index is -0.681. The molecule has 3 aromatic rings. The first-order valence-corrected chi connectivity index (χ1v) is 24.5. The summed E-state index contributed by atoms with van der Waals surface area (Å²) in [6, 6.07) is 22.8. The van der Waals surface area contributed by atoms with Crippen LogP contribution < -0.4 is 10.6 Å². The van der Waals surface area contributed by atoms with Crippen LogP contribution in [0.5, 0.6) is 0 Å². The van der Waals surface area contributed by atoms with E-state index >= 15 is 0 Å². The summed E-state index contributed by atoms with van der Waals surface area (Å²) in [5.41, 5.74) is 6.61. The lowest BCUT2D eigenvalue weighted by atomic mass is 9.79. The van der Waals surface area contributed by atoms with Gasteiger partial charge < -0.3 is 29.6 Å². The number of esters is 4. The summed E-state index contributed by atoms with van der Waals surface area (Å²) in [5, 5.41) is 7.32. The summed E-state index contributed by atoms with van der Waals surface area (Å²) in [5.74, 6) is -2.61. The third-order valence-electron chi connectivity index (χ3n) is 10.4. The molecule has 63 heavy (non-hydrogen) atoms. The molecule has 0 spiro atoms. The smallest absolute Gasteiger partial charge is 0.346 e. The van der Waals surface area contributed by atoms with Crippen LogP contribution in [0.25, 0.3) is 11.1 Å². The maximum Gasteiger partial charge on any atom is 0.346 e. The van der Waals surface area contributed by atoms with Gasteiger partial charge in [-0.2, -0.15) is 0 Å². The van der Waals surface area contributed by atoms with Gasteiger partial charge >= 0.3 is 23.9 Å². The molecule has 0 saturated carbocycles. The lowest BCUT2D eigenvalue weighted by molar-refractivity contribution is -0.140. The van der Waals surface area contributed by atoms with Crippen molar-refractivity contribution < 1.29 is 38.1 Å². The Hall–Kier alpha value is -4.32. The molecule has 3 aromatic carbocycles. The largest absolute Gasteiger partial charge is 0.462 e. The van der Waals surface area contributed by atoms with Crippen molar-refractivity contribution in [2.75, 3.05) is 37.1 Å². The normalized spacial score (nSPS) is 18.0. The van der Waals surface area contributed by atoms with Crippen molar-refractivity contribution >= 4 is 128 Å². The predicted octanol–water partition coefficient (Wildman–Crippen LogP) is 11.0. The maximum atomic E-state index is 13.2. The molecule has 0 aromatic heterocycles. The second-order valence-corrected chi connectivity index (χ2v) is 21.0. The summed E-state index contributed by atoms with van der Waals surface area (Å²) in [4.78, 5) is 54.8. The van der Waals surface area contributed by atoms with Gasteiger partial charge in [0, 0.05) is 49.3 Å². The molecule has 16 heteroatoms. The Labute approximate surface area is 395 Å². The molecule has 4 aliphatic heterocycles. The number of thioether (sulfide) groups is 4. The molecule has 4 aliphatic rings. The fourth-order valence-corrected chi connectivity index (χ4v) is 13.4. The van der Waals surface area contributed by atoms with Gasteiger partial charge in [0.2, 0.25) is 0 Å². The van der Waals surface area contributed by atoms with Crippen molar-refractivity contribution in [2.45, 2.75) is 72.4 Å². The summed E-state index contributed by atoms with van der Waals surface area (Å²) >= 11 is 17.1. The topological polar surface area (TPSA) is 129 Å². The molecule has 0 aliphatic carbocycles. The number of rotatable bonds is 11. The van der Waals surface area contributed by atoms with E-state index in [4.69, 9.17) is 43.4 Å². The van der Waals surface area contributed by atoms with E-state index in [0.29, 0.717) is 18.2 Å². The van der Waals surface area contributed by atoms with E-state index in [1.165, 1.54) is 47.0 Å². The Morgan fingerprint density at radius 2 is 0.921 bits per heavy atom. The molecule has 2 N–H and O–H groups in total. The van der Waals surface area contributed by atoms with Crippen molar-refractivity contribution in [3.63, 3.8) is 0 Å². The highest BCUT2D eigenvalue weighted by atomic mass is 32.2. The van der Waals surface area contributed by atoms with Gasteiger partial charge in [-0.3, -0.25) is 0 Å². The van der Waals surface area contributed by atoms with Crippen LogP contribution >= 0.6 is 71.5 Å². The number of hydrogen-bond donors (Lipinski definition) is 2. The number of hydrogen-bond acceptors (Lipinski definition) is 16. The average molecular weight is 959 g/mol. The maximum absolute atomic E-state index is 13.2. The highest BCUT2D eigenvalue weighted by molar-refractivity contribution is 8.30. The van der Waals surface area contributed by atoms with Crippen molar-refractivity contribution in [3.8, 4) is 0 Å². The number of benzene rings is 3. The highest BCUT2D eigenvalue weighted by Crippen LogP contribution is 2.57. The third kappa shape index (κ3) is 9.17. The number of thiocarbonyl (C=S) groups is 2. The zero-order valence-electron chi connectivity index (χ0n) is 36.0. The monoisotopic (exact) mass is 958 g/mol. The van der Waals surface area contributed by atoms with Gasteiger partial charge in [0.15, 0.2) is 0 Å². The average Bonchev–Trinajstić information content (AvgIpc) is 3.89. The minimum Gasteiger partial charge on any atom is -0.462 e. The Kier molecular flexibility index (Phi) is 14.1. The SMILES string of the molecule is CCOC(=O)C1=C(C(=O)OCC)SC(=C2C(=S)C(C)(C)Nc3cc([C@@H](c4ccccc4)c4ccc5c(c4)C(=C4SC(C(=O)OCC)=C(C(=O)OCC)S4)C(=S)C(C)(C)N5)ccc32)S1. The Bertz CT molecular complexity index is 2530. The van der Waals surface area contributed by atoms with Crippen LogP contribution in [0.2, 0.25) is 0 Å². The number of ether oxygens (including phenoxy) is 4. The molecule has 0 fully saturated rings. The first kappa shape index (κ1) is 46.7. The molecule has 0 unspecified atom stereocenters. The van der Waals surface area contributed by atoms with Crippen LogP contribution in [0.1, 0.15) is 89.1 Å². The number of carbonyl (C=O) groups is 4. The molecule has 0 radical (unpaired) electrons. The van der Waals surface area contributed by atoms with Gasteiger partial charge in [-0.15, -0.1) is 0 Å². The number of carbonyl (C=O) groups excluding carboxylic acids is 4.